The third kappa shape index (κ3) is 4.61. The summed E-state index contributed by atoms with van der Waals surface area (Å²) in [6.07, 6.45) is 4.50. The molecule has 0 N–H and O–H groups in total. The van der Waals surface area contributed by atoms with Gasteiger partial charge in [0.05, 0.1) is 0 Å². The zero-order valence-corrected chi connectivity index (χ0v) is 18.0. The van der Waals surface area contributed by atoms with Crippen molar-refractivity contribution in [1.82, 2.24) is 15.0 Å². The molecule has 0 bridgehead atoms. The molecule has 1 heterocycles. The Labute approximate surface area is 178 Å². The van der Waals surface area contributed by atoms with Crippen molar-refractivity contribution < 1.29 is 9.32 Å². The summed E-state index contributed by atoms with van der Waals surface area (Å²) in [5.41, 5.74) is 4.26. The predicted molar refractivity (Wildman–Crippen MR) is 118 cm³/mol. The van der Waals surface area contributed by atoms with E-state index in [1.807, 2.05) is 41.3 Å². The van der Waals surface area contributed by atoms with E-state index in [4.69, 9.17) is 4.52 Å². The fourth-order valence-electron chi connectivity index (χ4n) is 3.86. The normalized spacial score (nSPS) is 14.0. The van der Waals surface area contributed by atoms with Crippen molar-refractivity contribution in [3.8, 4) is 22.8 Å². The van der Waals surface area contributed by atoms with Gasteiger partial charge in [0.15, 0.2) is 0 Å². The number of nitrogens with zero attached hydrogens (tertiary/aromatic N) is 3. The summed E-state index contributed by atoms with van der Waals surface area (Å²) in [5.74, 6) is 1.87. The predicted octanol–water partition coefficient (Wildman–Crippen LogP) is 5.50. The maximum Gasteiger partial charge on any atom is 0.258 e. The minimum atomic E-state index is 0.144. The van der Waals surface area contributed by atoms with E-state index >= 15 is 0 Å². The molecule has 0 radical (unpaired) electrons. The Morgan fingerprint density at radius 3 is 2.23 bits per heavy atom. The molecule has 1 aliphatic carbocycles. The Kier molecular flexibility index (Phi) is 5.98. The van der Waals surface area contributed by atoms with Gasteiger partial charge in [0.25, 0.3) is 5.89 Å². The fraction of sp³-hybridized carbons (Fsp3) is 0.400. The summed E-state index contributed by atoms with van der Waals surface area (Å²) in [6, 6.07) is 16.8. The van der Waals surface area contributed by atoms with Crippen LogP contribution in [0.4, 0.5) is 0 Å². The largest absolute Gasteiger partial charge is 0.336 e. The molecule has 30 heavy (non-hydrogen) atoms. The zero-order valence-electron chi connectivity index (χ0n) is 18.0. The average molecular weight is 404 g/mol. The van der Waals surface area contributed by atoms with Crippen LogP contribution in [0.2, 0.25) is 0 Å². The quantitative estimate of drug-likeness (QED) is 0.522. The molecule has 1 aromatic heterocycles. The fourth-order valence-corrected chi connectivity index (χ4v) is 3.86. The smallest absolute Gasteiger partial charge is 0.258 e. The zero-order chi connectivity index (χ0) is 21.1. The number of carbonyl (C=O) groups excluding carboxylic acids is 1. The van der Waals surface area contributed by atoms with Crippen LogP contribution in [-0.4, -0.2) is 27.0 Å². The van der Waals surface area contributed by atoms with E-state index in [9.17, 15) is 4.79 Å². The molecule has 4 rings (SSSR count). The molecule has 1 fully saturated rings. The molecule has 0 atom stereocenters. The summed E-state index contributed by atoms with van der Waals surface area (Å²) in [7, 11) is 0. The first-order chi connectivity index (χ1) is 14.5. The number of benzene rings is 2. The first-order valence-electron chi connectivity index (χ1n) is 10.8. The highest BCUT2D eigenvalue weighted by Gasteiger charge is 2.26. The van der Waals surface area contributed by atoms with Gasteiger partial charge < -0.3 is 9.42 Å². The first kappa shape index (κ1) is 20.3. The second kappa shape index (κ2) is 8.82. The van der Waals surface area contributed by atoms with E-state index in [-0.39, 0.29) is 5.91 Å². The van der Waals surface area contributed by atoms with Crippen LogP contribution >= 0.6 is 0 Å². The van der Waals surface area contributed by atoms with E-state index in [1.165, 1.54) is 12.0 Å². The summed E-state index contributed by atoms with van der Waals surface area (Å²) in [5, 5.41) is 4.15. The molecule has 1 amide bonds. The van der Waals surface area contributed by atoms with Crippen molar-refractivity contribution in [2.45, 2.75) is 59.0 Å². The SMILES string of the molecule is CC(=O)N(Cc1ccc(-c2noc(-c3ccc(CC(C)C)cc3)n2)cc1)C1CCC1. The van der Waals surface area contributed by atoms with Crippen LogP contribution < -0.4 is 0 Å². The summed E-state index contributed by atoms with van der Waals surface area (Å²) >= 11 is 0. The van der Waals surface area contributed by atoms with Crippen molar-refractivity contribution in [2.75, 3.05) is 0 Å². The highest BCUT2D eigenvalue weighted by atomic mass is 16.5. The lowest BCUT2D eigenvalue weighted by molar-refractivity contribution is -0.133. The Bertz CT molecular complexity index is 986. The standard InChI is InChI=1S/C25H29N3O2/c1-17(2)15-19-7-13-22(14-8-19)25-26-24(27-30-25)21-11-9-20(10-12-21)16-28(18(3)29)23-5-4-6-23/h7-14,17,23H,4-6,15-16H2,1-3H3. The van der Waals surface area contributed by atoms with Gasteiger partial charge in [0.2, 0.25) is 11.7 Å². The molecule has 0 spiro atoms. The van der Waals surface area contributed by atoms with Crippen molar-refractivity contribution in [1.29, 1.82) is 0 Å². The van der Waals surface area contributed by atoms with Crippen LogP contribution in [0.3, 0.4) is 0 Å². The summed E-state index contributed by atoms with van der Waals surface area (Å²) in [6.45, 7) is 6.74. The van der Waals surface area contributed by atoms with Gasteiger partial charge in [0, 0.05) is 30.6 Å². The second-order valence-electron chi connectivity index (χ2n) is 8.65. The second-order valence-corrected chi connectivity index (χ2v) is 8.65. The molecular weight excluding hydrogens is 374 g/mol. The summed E-state index contributed by atoms with van der Waals surface area (Å²) < 4.78 is 5.49. The molecule has 0 saturated heterocycles. The maximum atomic E-state index is 12.0. The number of hydrogen-bond acceptors (Lipinski definition) is 4. The molecule has 1 aliphatic rings. The van der Waals surface area contributed by atoms with Crippen LogP contribution in [0.5, 0.6) is 0 Å². The lowest BCUT2D eigenvalue weighted by atomic mass is 9.91. The van der Waals surface area contributed by atoms with Crippen LogP contribution in [0.25, 0.3) is 22.8 Å². The molecule has 3 aromatic rings. The third-order valence-electron chi connectivity index (χ3n) is 5.76. The highest BCUT2D eigenvalue weighted by molar-refractivity contribution is 5.73. The van der Waals surface area contributed by atoms with Gasteiger partial charge in [0.1, 0.15) is 0 Å². The summed E-state index contributed by atoms with van der Waals surface area (Å²) in [4.78, 5) is 18.5. The van der Waals surface area contributed by atoms with Crippen LogP contribution in [0.15, 0.2) is 53.1 Å². The Hall–Kier alpha value is -2.95. The van der Waals surface area contributed by atoms with Gasteiger partial charge in [-0.2, -0.15) is 4.98 Å². The number of carbonyl (C=O) groups is 1. The monoisotopic (exact) mass is 403 g/mol. The molecule has 1 saturated carbocycles. The molecule has 2 aromatic carbocycles. The Morgan fingerprint density at radius 2 is 1.67 bits per heavy atom. The van der Waals surface area contributed by atoms with Gasteiger partial charge in [-0.15, -0.1) is 0 Å². The molecular formula is C25H29N3O2. The van der Waals surface area contributed by atoms with Crippen molar-refractivity contribution >= 4 is 5.91 Å². The van der Waals surface area contributed by atoms with Gasteiger partial charge in [-0.1, -0.05) is 55.4 Å². The van der Waals surface area contributed by atoms with E-state index in [1.54, 1.807) is 6.92 Å². The number of hydrogen-bond donors (Lipinski definition) is 0. The lowest BCUT2D eigenvalue weighted by Crippen LogP contribution is -2.42. The average Bonchev–Trinajstić information content (AvgIpc) is 3.17. The molecule has 0 unspecified atom stereocenters. The van der Waals surface area contributed by atoms with Crippen LogP contribution in [0.1, 0.15) is 51.2 Å². The first-order valence-corrected chi connectivity index (χ1v) is 10.8. The molecule has 0 aliphatic heterocycles. The van der Waals surface area contributed by atoms with Crippen molar-refractivity contribution in [2.24, 2.45) is 5.92 Å². The van der Waals surface area contributed by atoms with E-state index in [0.717, 1.165) is 36.0 Å². The number of amides is 1. The van der Waals surface area contributed by atoms with E-state index < -0.39 is 0 Å². The minimum Gasteiger partial charge on any atom is -0.336 e. The third-order valence-corrected chi connectivity index (χ3v) is 5.76. The molecule has 5 heteroatoms. The molecule has 156 valence electrons. The van der Waals surface area contributed by atoms with Crippen molar-refractivity contribution in [3.63, 3.8) is 0 Å². The Morgan fingerprint density at radius 1 is 1.03 bits per heavy atom. The van der Waals surface area contributed by atoms with E-state index in [0.29, 0.717) is 30.2 Å². The lowest BCUT2D eigenvalue weighted by Gasteiger charge is -2.37. The maximum absolute atomic E-state index is 12.0. The molecule has 5 nitrogen and oxygen atoms in total. The van der Waals surface area contributed by atoms with Gasteiger partial charge in [-0.05, 0) is 54.9 Å². The van der Waals surface area contributed by atoms with Crippen LogP contribution in [-0.2, 0) is 17.8 Å². The number of rotatable bonds is 7. The van der Waals surface area contributed by atoms with Crippen LogP contribution in [0, 0.1) is 5.92 Å². The van der Waals surface area contributed by atoms with Gasteiger partial charge in [-0.3, -0.25) is 4.79 Å². The number of aromatic nitrogens is 2. The van der Waals surface area contributed by atoms with Gasteiger partial charge >= 0.3 is 0 Å². The topological polar surface area (TPSA) is 59.2 Å². The van der Waals surface area contributed by atoms with Gasteiger partial charge in [-0.25, -0.2) is 0 Å². The Balaban J connectivity index is 1.45. The minimum absolute atomic E-state index is 0.144. The highest BCUT2D eigenvalue weighted by Crippen LogP contribution is 2.27. The van der Waals surface area contributed by atoms with E-state index in [2.05, 4.69) is 36.1 Å². The van der Waals surface area contributed by atoms with Crippen molar-refractivity contribution in [3.05, 3.63) is 59.7 Å².